The van der Waals surface area contributed by atoms with Crippen LogP contribution in [0.1, 0.15) is 24.2 Å². The zero-order valence-electron chi connectivity index (χ0n) is 15.7. The fourth-order valence-electron chi connectivity index (χ4n) is 2.80. The largest absolute Gasteiger partial charge is 0.493 e. The van der Waals surface area contributed by atoms with Gasteiger partial charge in [-0.15, -0.1) is 0 Å². The Kier molecular flexibility index (Phi) is 7.41. The number of ether oxygens (including phenoxy) is 2. The van der Waals surface area contributed by atoms with Gasteiger partial charge in [-0.3, -0.25) is 14.5 Å². The number of likely N-dealkylation sites (N-methyl/N-ethyl adjacent to an activating group) is 1. The van der Waals surface area contributed by atoms with Crippen LogP contribution in [0.3, 0.4) is 0 Å². The molecule has 7 nitrogen and oxygen atoms in total. The van der Waals surface area contributed by atoms with Crippen molar-refractivity contribution in [3.8, 4) is 5.75 Å². The van der Waals surface area contributed by atoms with E-state index in [4.69, 9.17) is 14.6 Å². The highest BCUT2D eigenvalue weighted by atomic mass is 16.5. The van der Waals surface area contributed by atoms with E-state index in [1.165, 1.54) is 0 Å². The van der Waals surface area contributed by atoms with Crippen molar-refractivity contribution in [3.05, 3.63) is 29.8 Å². The summed E-state index contributed by atoms with van der Waals surface area (Å²) < 4.78 is 11.3. The lowest BCUT2D eigenvalue weighted by atomic mass is 10.1. The summed E-state index contributed by atoms with van der Waals surface area (Å²) in [6, 6.07) is 7.18. The SMILES string of the molecule is CC(C)COc1ccc(C(=O)N2CCOC(CN(C)CC(=O)O)C2)cc1. The first-order chi connectivity index (χ1) is 12.3. The molecule has 1 aliphatic rings. The summed E-state index contributed by atoms with van der Waals surface area (Å²) in [6.45, 7) is 6.66. The third-order valence-corrected chi connectivity index (χ3v) is 4.03. The zero-order chi connectivity index (χ0) is 19.1. The normalized spacial score (nSPS) is 17.6. The quantitative estimate of drug-likeness (QED) is 0.754. The van der Waals surface area contributed by atoms with Crippen molar-refractivity contribution < 1.29 is 24.2 Å². The third kappa shape index (κ3) is 6.31. The third-order valence-electron chi connectivity index (χ3n) is 4.03. The minimum atomic E-state index is -0.879. The molecule has 7 heteroatoms. The van der Waals surface area contributed by atoms with Crippen LogP contribution in [0.2, 0.25) is 0 Å². The van der Waals surface area contributed by atoms with Gasteiger partial charge in [-0.25, -0.2) is 0 Å². The molecular weight excluding hydrogens is 336 g/mol. The summed E-state index contributed by atoms with van der Waals surface area (Å²) in [6.07, 6.45) is -0.189. The summed E-state index contributed by atoms with van der Waals surface area (Å²) in [5, 5.41) is 8.84. The molecule has 1 unspecified atom stereocenters. The van der Waals surface area contributed by atoms with E-state index in [9.17, 15) is 9.59 Å². The van der Waals surface area contributed by atoms with Crippen molar-refractivity contribution in [1.82, 2.24) is 9.80 Å². The second-order valence-corrected chi connectivity index (χ2v) is 7.06. The number of hydrogen-bond donors (Lipinski definition) is 1. The summed E-state index contributed by atoms with van der Waals surface area (Å²) >= 11 is 0. The maximum Gasteiger partial charge on any atom is 0.317 e. The number of hydrogen-bond acceptors (Lipinski definition) is 5. The number of benzene rings is 1. The standard InChI is InChI=1S/C19H28N2O5/c1-14(2)13-26-16-6-4-15(5-7-16)19(24)21-8-9-25-17(11-21)10-20(3)12-18(22)23/h4-7,14,17H,8-13H2,1-3H3,(H,22,23). The van der Waals surface area contributed by atoms with Crippen molar-refractivity contribution >= 4 is 11.9 Å². The van der Waals surface area contributed by atoms with Crippen LogP contribution < -0.4 is 4.74 Å². The molecule has 2 rings (SSSR count). The predicted molar refractivity (Wildman–Crippen MR) is 97.6 cm³/mol. The number of morpholine rings is 1. The first kappa shape index (κ1) is 20.2. The summed E-state index contributed by atoms with van der Waals surface area (Å²) in [5.74, 6) is 0.275. The van der Waals surface area contributed by atoms with Crippen molar-refractivity contribution in [2.24, 2.45) is 5.92 Å². The molecule has 0 aliphatic carbocycles. The zero-order valence-corrected chi connectivity index (χ0v) is 15.7. The second-order valence-electron chi connectivity index (χ2n) is 7.06. The molecule has 1 aromatic carbocycles. The molecule has 0 aromatic heterocycles. The Bertz CT molecular complexity index is 602. The maximum atomic E-state index is 12.7. The molecule has 1 aliphatic heterocycles. The van der Waals surface area contributed by atoms with Crippen molar-refractivity contribution in [2.45, 2.75) is 20.0 Å². The molecule has 1 heterocycles. The highest BCUT2D eigenvalue weighted by Crippen LogP contribution is 2.16. The Morgan fingerprint density at radius 2 is 2.04 bits per heavy atom. The number of aliphatic carboxylic acids is 1. The van der Waals surface area contributed by atoms with Gasteiger partial charge in [0.25, 0.3) is 5.91 Å². The summed E-state index contributed by atoms with van der Waals surface area (Å²) in [5.41, 5.74) is 0.612. The van der Waals surface area contributed by atoms with E-state index < -0.39 is 5.97 Å². The van der Waals surface area contributed by atoms with Crippen molar-refractivity contribution in [1.29, 1.82) is 0 Å². The first-order valence-electron chi connectivity index (χ1n) is 8.89. The molecule has 0 spiro atoms. The van der Waals surface area contributed by atoms with Crippen LogP contribution in [-0.2, 0) is 9.53 Å². The number of amides is 1. The predicted octanol–water partition coefficient (Wildman–Crippen LogP) is 1.58. The van der Waals surface area contributed by atoms with Crippen LogP contribution >= 0.6 is 0 Å². The average molecular weight is 364 g/mol. The molecule has 1 amide bonds. The molecule has 144 valence electrons. The van der Waals surface area contributed by atoms with E-state index in [-0.39, 0.29) is 18.6 Å². The Balaban J connectivity index is 1.90. The monoisotopic (exact) mass is 364 g/mol. The lowest BCUT2D eigenvalue weighted by molar-refractivity contribution is -0.138. The Morgan fingerprint density at radius 3 is 2.65 bits per heavy atom. The molecule has 0 saturated carbocycles. The van der Waals surface area contributed by atoms with Crippen molar-refractivity contribution in [3.63, 3.8) is 0 Å². The van der Waals surface area contributed by atoms with E-state index in [1.54, 1.807) is 29.0 Å². The highest BCUT2D eigenvalue weighted by Gasteiger charge is 2.26. The molecule has 0 bridgehead atoms. The molecular formula is C19H28N2O5. The second kappa shape index (κ2) is 9.54. The van der Waals surface area contributed by atoms with Gasteiger partial charge < -0.3 is 19.5 Å². The maximum absolute atomic E-state index is 12.7. The van der Waals surface area contributed by atoms with Crippen LogP contribution in [0.4, 0.5) is 0 Å². The number of carboxylic acids is 1. The fraction of sp³-hybridized carbons (Fsp3) is 0.579. The highest BCUT2D eigenvalue weighted by molar-refractivity contribution is 5.94. The smallest absolute Gasteiger partial charge is 0.317 e. The van der Waals surface area contributed by atoms with Crippen molar-refractivity contribution in [2.75, 3.05) is 46.4 Å². The average Bonchev–Trinajstić information content (AvgIpc) is 2.59. The Labute approximate surface area is 154 Å². The number of nitrogens with zero attached hydrogens (tertiary/aromatic N) is 2. The van der Waals surface area contributed by atoms with Gasteiger partial charge in [0.15, 0.2) is 0 Å². The van der Waals surface area contributed by atoms with Crippen LogP contribution in [0.5, 0.6) is 5.75 Å². The number of rotatable bonds is 8. The topological polar surface area (TPSA) is 79.3 Å². The van der Waals surface area contributed by atoms with Crippen LogP contribution in [0.25, 0.3) is 0 Å². The van der Waals surface area contributed by atoms with Crippen LogP contribution in [0, 0.1) is 5.92 Å². The van der Waals surface area contributed by atoms with Gasteiger partial charge in [-0.1, -0.05) is 13.8 Å². The molecule has 1 atom stereocenters. The fourth-order valence-corrected chi connectivity index (χ4v) is 2.80. The lowest BCUT2D eigenvalue weighted by Gasteiger charge is -2.34. The summed E-state index contributed by atoms with van der Waals surface area (Å²) in [4.78, 5) is 26.9. The van der Waals surface area contributed by atoms with E-state index in [0.717, 1.165) is 5.75 Å². The van der Waals surface area contributed by atoms with E-state index >= 15 is 0 Å². The summed E-state index contributed by atoms with van der Waals surface area (Å²) in [7, 11) is 1.73. The number of carbonyl (C=O) groups excluding carboxylic acids is 1. The van der Waals surface area contributed by atoms with Crippen LogP contribution in [0.15, 0.2) is 24.3 Å². The lowest BCUT2D eigenvalue weighted by Crippen LogP contribution is -2.49. The van der Waals surface area contributed by atoms with E-state index in [0.29, 0.717) is 44.3 Å². The van der Waals surface area contributed by atoms with Gasteiger partial charge in [0.1, 0.15) is 5.75 Å². The van der Waals surface area contributed by atoms with Gasteiger partial charge in [0.05, 0.1) is 25.9 Å². The van der Waals surface area contributed by atoms with Gasteiger partial charge in [0, 0.05) is 25.2 Å². The van der Waals surface area contributed by atoms with Gasteiger partial charge >= 0.3 is 5.97 Å². The molecule has 26 heavy (non-hydrogen) atoms. The van der Waals surface area contributed by atoms with Gasteiger partial charge in [0.2, 0.25) is 0 Å². The Hall–Kier alpha value is -2.12. The van der Waals surface area contributed by atoms with E-state index in [2.05, 4.69) is 13.8 Å². The minimum absolute atomic E-state index is 0.0467. The molecule has 1 aromatic rings. The van der Waals surface area contributed by atoms with Crippen LogP contribution in [-0.4, -0.2) is 79.3 Å². The first-order valence-corrected chi connectivity index (χ1v) is 8.89. The van der Waals surface area contributed by atoms with E-state index in [1.807, 2.05) is 12.1 Å². The number of carboxylic acid groups (broad SMARTS) is 1. The van der Waals surface area contributed by atoms with Gasteiger partial charge in [-0.05, 0) is 37.2 Å². The molecule has 0 radical (unpaired) electrons. The molecule has 1 N–H and O–H groups in total. The molecule has 1 saturated heterocycles. The molecule has 1 fully saturated rings. The number of carbonyl (C=O) groups is 2. The van der Waals surface area contributed by atoms with Gasteiger partial charge in [-0.2, -0.15) is 0 Å². The Morgan fingerprint density at radius 1 is 1.35 bits per heavy atom. The minimum Gasteiger partial charge on any atom is -0.493 e.